The molecular formula is C19H30N4O3. The van der Waals surface area contributed by atoms with E-state index >= 15 is 0 Å². The number of methoxy groups -OCH3 is 1. The van der Waals surface area contributed by atoms with Crippen LogP contribution >= 0.6 is 0 Å². The van der Waals surface area contributed by atoms with Gasteiger partial charge in [0.1, 0.15) is 5.75 Å². The molecule has 7 heteroatoms. The molecule has 2 rings (SSSR count). The molecule has 7 nitrogen and oxygen atoms in total. The number of rotatable bonds is 8. The summed E-state index contributed by atoms with van der Waals surface area (Å²) in [5.74, 6) is 0.894. The Hall–Kier alpha value is -2.28. The first-order chi connectivity index (χ1) is 12.6. The normalized spacial score (nSPS) is 14.5. The number of para-hydroxylation sites is 2. The van der Waals surface area contributed by atoms with E-state index in [4.69, 9.17) is 4.74 Å². The third kappa shape index (κ3) is 5.36. The number of carbonyl (C=O) groups excluding carboxylic acids is 2. The van der Waals surface area contributed by atoms with Crippen LogP contribution in [0.1, 0.15) is 13.8 Å². The van der Waals surface area contributed by atoms with Gasteiger partial charge in [0.2, 0.25) is 11.8 Å². The fourth-order valence-electron chi connectivity index (χ4n) is 3.11. The first-order valence-electron chi connectivity index (χ1n) is 9.23. The van der Waals surface area contributed by atoms with E-state index in [9.17, 15) is 9.59 Å². The van der Waals surface area contributed by atoms with E-state index in [2.05, 4.69) is 10.2 Å². The van der Waals surface area contributed by atoms with Crippen molar-refractivity contribution in [2.75, 3.05) is 64.4 Å². The molecule has 1 aliphatic rings. The van der Waals surface area contributed by atoms with Crippen molar-refractivity contribution >= 4 is 17.5 Å². The zero-order valence-electron chi connectivity index (χ0n) is 16.0. The highest BCUT2D eigenvalue weighted by molar-refractivity contribution is 5.81. The van der Waals surface area contributed by atoms with Crippen molar-refractivity contribution in [1.82, 2.24) is 15.1 Å². The Kier molecular flexibility index (Phi) is 7.72. The number of piperazine rings is 1. The highest BCUT2D eigenvalue weighted by Gasteiger charge is 2.24. The van der Waals surface area contributed by atoms with Gasteiger partial charge in [0.25, 0.3) is 0 Å². The second-order valence-electron chi connectivity index (χ2n) is 6.30. The summed E-state index contributed by atoms with van der Waals surface area (Å²) in [5.41, 5.74) is 1.06. The van der Waals surface area contributed by atoms with Gasteiger partial charge in [-0.15, -0.1) is 0 Å². The van der Waals surface area contributed by atoms with Crippen LogP contribution in [-0.4, -0.2) is 81.1 Å². The summed E-state index contributed by atoms with van der Waals surface area (Å²) >= 11 is 0. The van der Waals surface area contributed by atoms with Gasteiger partial charge in [-0.05, 0) is 25.6 Å². The zero-order chi connectivity index (χ0) is 18.9. The third-order valence-electron chi connectivity index (χ3n) is 4.61. The lowest BCUT2D eigenvalue weighted by Crippen LogP contribution is -2.52. The van der Waals surface area contributed by atoms with Gasteiger partial charge in [-0.25, -0.2) is 0 Å². The minimum absolute atomic E-state index is 0.0388. The van der Waals surface area contributed by atoms with Crippen LogP contribution < -0.4 is 15.0 Å². The number of nitrogens with one attached hydrogen (secondary N) is 1. The number of hydrogen-bond donors (Lipinski definition) is 1. The molecule has 0 atom stereocenters. The van der Waals surface area contributed by atoms with Crippen molar-refractivity contribution in [3.05, 3.63) is 24.3 Å². The lowest BCUT2D eigenvalue weighted by molar-refractivity contribution is -0.133. The summed E-state index contributed by atoms with van der Waals surface area (Å²) in [4.78, 5) is 30.3. The van der Waals surface area contributed by atoms with Crippen LogP contribution in [0.15, 0.2) is 24.3 Å². The first-order valence-corrected chi connectivity index (χ1v) is 9.23. The Bertz CT molecular complexity index is 600. The van der Waals surface area contributed by atoms with Crippen molar-refractivity contribution in [3.8, 4) is 5.75 Å². The molecule has 1 fully saturated rings. The predicted octanol–water partition coefficient (Wildman–Crippen LogP) is 0.802. The molecule has 1 N–H and O–H groups in total. The Morgan fingerprint density at radius 2 is 1.81 bits per heavy atom. The highest BCUT2D eigenvalue weighted by atomic mass is 16.5. The molecule has 0 bridgehead atoms. The summed E-state index contributed by atoms with van der Waals surface area (Å²) < 4.78 is 5.43. The molecular weight excluding hydrogens is 332 g/mol. The molecule has 26 heavy (non-hydrogen) atoms. The number of ether oxygens (including phenoxy) is 1. The summed E-state index contributed by atoms with van der Waals surface area (Å²) in [5, 5.41) is 2.77. The van der Waals surface area contributed by atoms with E-state index in [-0.39, 0.29) is 24.9 Å². The molecule has 0 spiro atoms. The van der Waals surface area contributed by atoms with Gasteiger partial charge < -0.3 is 19.9 Å². The summed E-state index contributed by atoms with van der Waals surface area (Å²) in [6, 6.07) is 7.95. The van der Waals surface area contributed by atoms with Gasteiger partial charge in [0, 0.05) is 32.7 Å². The summed E-state index contributed by atoms with van der Waals surface area (Å²) in [6.07, 6.45) is 0. The molecule has 1 aromatic rings. The number of nitrogens with zero attached hydrogens (tertiary/aromatic N) is 3. The predicted molar refractivity (Wildman–Crippen MR) is 103 cm³/mol. The lowest BCUT2D eigenvalue weighted by atomic mass is 10.2. The molecule has 0 unspecified atom stereocenters. The van der Waals surface area contributed by atoms with Crippen molar-refractivity contribution in [3.63, 3.8) is 0 Å². The maximum atomic E-state index is 12.6. The minimum atomic E-state index is -0.0388. The van der Waals surface area contributed by atoms with Gasteiger partial charge in [0.15, 0.2) is 0 Å². The number of benzene rings is 1. The number of anilines is 1. The highest BCUT2D eigenvalue weighted by Crippen LogP contribution is 2.28. The number of carbonyl (C=O) groups is 2. The van der Waals surface area contributed by atoms with E-state index in [1.165, 1.54) is 0 Å². The van der Waals surface area contributed by atoms with E-state index in [1.807, 2.05) is 47.9 Å². The van der Waals surface area contributed by atoms with Gasteiger partial charge in [0.05, 0.1) is 25.9 Å². The standard InChI is InChI=1S/C19H30N4O3/c1-4-20-18(24)14-21(5-2)15-19(25)23-12-10-22(11-13-23)16-8-6-7-9-17(16)26-3/h6-9H,4-5,10-15H2,1-3H3,(H,20,24). The van der Waals surface area contributed by atoms with Crippen molar-refractivity contribution in [2.24, 2.45) is 0 Å². The van der Waals surface area contributed by atoms with E-state index in [1.54, 1.807) is 7.11 Å². The molecule has 144 valence electrons. The zero-order valence-corrected chi connectivity index (χ0v) is 16.0. The molecule has 1 aromatic carbocycles. The fourth-order valence-corrected chi connectivity index (χ4v) is 3.11. The minimum Gasteiger partial charge on any atom is -0.495 e. The van der Waals surface area contributed by atoms with Gasteiger partial charge in [-0.3, -0.25) is 14.5 Å². The maximum absolute atomic E-state index is 12.6. The Morgan fingerprint density at radius 1 is 1.12 bits per heavy atom. The Balaban J connectivity index is 1.86. The molecule has 1 heterocycles. The Morgan fingerprint density at radius 3 is 2.42 bits per heavy atom. The molecule has 1 aliphatic heterocycles. The summed E-state index contributed by atoms with van der Waals surface area (Å²) in [6.45, 7) is 8.57. The van der Waals surface area contributed by atoms with Crippen LogP contribution in [-0.2, 0) is 9.59 Å². The Labute approximate surface area is 155 Å². The van der Waals surface area contributed by atoms with Gasteiger partial charge >= 0.3 is 0 Å². The van der Waals surface area contributed by atoms with Crippen molar-refractivity contribution < 1.29 is 14.3 Å². The second kappa shape index (κ2) is 10.0. The van der Waals surface area contributed by atoms with Crippen molar-refractivity contribution in [2.45, 2.75) is 13.8 Å². The molecule has 0 aliphatic carbocycles. The molecule has 2 amide bonds. The van der Waals surface area contributed by atoms with Crippen LogP contribution in [0.25, 0.3) is 0 Å². The molecule has 0 saturated carbocycles. The van der Waals surface area contributed by atoms with Crippen LogP contribution in [0.3, 0.4) is 0 Å². The quantitative estimate of drug-likeness (QED) is 0.741. The maximum Gasteiger partial charge on any atom is 0.236 e. The van der Waals surface area contributed by atoms with Crippen molar-refractivity contribution in [1.29, 1.82) is 0 Å². The van der Waals surface area contributed by atoms with E-state index in [0.717, 1.165) is 24.5 Å². The second-order valence-corrected chi connectivity index (χ2v) is 6.30. The average Bonchev–Trinajstić information content (AvgIpc) is 2.67. The summed E-state index contributed by atoms with van der Waals surface area (Å²) in [7, 11) is 1.67. The van der Waals surface area contributed by atoms with Crippen LogP contribution in [0.5, 0.6) is 5.75 Å². The topological polar surface area (TPSA) is 65.1 Å². The molecule has 0 aromatic heterocycles. The number of hydrogen-bond acceptors (Lipinski definition) is 5. The smallest absolute Gasteiger partial charge is 0.236 e. The van der Waals surface area contributed by atoms with Crippen LogP contribution in [0.2, 0.25) is 0 Å². The monoisotopic (exact) mass is 362 g/mol. The van der Waals surface area contributed by atoms with Crippen LogP contribution in [0.4, 0.5) is 5.69 Å². The lowest BCUT2D eigenvalue weighted by Gasteiger charge is -2.37. The number of amides is 2. The SMILES string of the molecule is CCNC(=O)CN(CC)CC(=O)N1CCN(c2ccccc2OC)CC1. The van der Waals surface area contributed by atoms with Gasteiger partial charge in [-0.2, -0.15) is 0 Å². The average molecular weight is 362 g/mol. The number of likely N-dealkylation sites (N-methyl/N-ethyl adjacent to an activating group) is 2. The van der Waals surface area contributed by atoms with E-state index < -0.39 is 0 Å². The fraction of sp³-hybridized carbons (Fsp3) is 0.579. The largest absolute Gasteiger partial charge is 0.495 e. The third-order valence-corrected chi connectivity index (χ3v) is 4.61. The molecule has 0 radical (unpaired) electrons. The van der Waals surface area contributed by atoms with E-state index in [0.29, 0.717) is 26.2 Å². The van der Waals surface area contributed by atoms with Crippen LogP contribution in [0, 0.1) is 0 Å². The first kappa shape index (κ1) is 20.0. The molecule has 1 saturated heterocycles. The van der Waals surface area contributed by atoms with Gasteiger partial charge in [-0.1, -0.05) is 19.1 Å².